The summed E-state index contributed by atoms with van der Waals surface area (Å²) in [5.74, 6) is 1.15. The average molecular weight is 336 g/mol. The number of aromatic amines is 1. The number of halogens is 1. The molecule has 0 saturated heterocycles. The van der Waals surface area contributed by atoms with Gasteiger partial charge in [0.05, 0.1) is 23.6 Å². The summed E-state index contributed by atoms with van der Waals surface area (Å²) in [4.78, 5) is 15.7. The second-order valence-electron chi connectivity index (χ2n) is 5.89. The van der Waals surface area contributed by atoms with Crippen LogP contribution in [-0.4, -0.2) is 24.5 Å². The highest BCUT2D eigenvalue weighted by Gasteiger charge is 2.12. The predicted octanol–water partition coefficient (Wildman–Crippen LogP) is 3.76. The highest BCUT2D eigenvalue weighted by Crippen LogP contribution is 2.23. The van der Waals surface area contributed by atoms with E-state index in [-0.39, 0.29) is 11.9 Å². The van der Waals surface area contributed by atoms with Gasteiger partial charge in [-0.05, 0) is 43.7 Å². The van der Waals surface area contributed by atoms with Crippen LogP contribution in [0.2, 0.25) is 0 Å². The third-order valence-corrected chi connectivity index (χ3v) is 4.20. The zero-order chi connectivity index (χ0) is 17.4. The van der Waals surface area contributed by atoms with Crippen LogP contribution in [0.15, 0.2) is 49.1 Å². The van der Waals surface area contributed by atoms with Crippen LogP contribution in [-0.2, 0) is 0 Å². The molecule has 4 aromatic rings. The number of hydrogen-bond acceptors (Lipinski definition) is 4. The molecule has 25 heavy (non-hydrogen) atoms. The standard InChI is InChI=1S/C18H17FN6/c1-11(23-17-6-4-15-18(24-17)22-10-21-15)13-3-5-16(14(19)9-13)25-8-7-20-12(25)2/h3-11H,1-2H3,(H2,21,22,23,24). The maximum Gasteiger partial charge on any atom is 0.179 e. The number of imidazole rings is 2. The average Bonchev–Trinajstić information content (AvgIpc) is 3.23. The van der Waals surface area contributed by atoms with Crippen LogP contribution in [0.3, 0.4) is 0 Å². The molecule has 0 aliphatic heterocycles. The molecule has 6 nitrogen and oxygen atoms in total. The van der Waals surface area contributed by atoms with Gasteiger partial charge in [-0.1, -0.05) is 6.07 Å². The summed E-state index contributed by atoms with van der Waals surface area (Å²) in [5, 5.41) is 3.28. The van der Waals surface area contributed by atoms with Crippen LogP contribution in [0.25, 0.3) is 16.9 Å². The second-order valence-corrected chi connectivity index (χ2v) is 5.89. The summed E-state index contributed by atoms with van der Waals surface area (Å²) in [6.45, 7) is 3.81. The minimum Gasteiger partial charge on any atom is -0.363 e. The van der Waals surface area contributed by atoms with Gasteiger partial charge in [0, 0.05) is 12.4 Å². The predicted molar refractivity (Wildman–Crippen MR) is 94.2 cm³/mol. The first-order valence-electron chi connectivity index (χ1n) is 7.98. The Morgan fingerprint density at radius 2 is 2.08 bits per heavy atom. The van der Waals surface area contributed by atoms with Crippen molar-refractivity contribution in [2.24, 2.45) is 0 Å². The van der Waals surface area contributed by atoms with Crippen molar-refractivity contribution >= 4 is 17.0 Å². The van der Waals surface area contributed by atoms with E-state index in [1.165, 1.54) is 0 Å². The first kappa shape index (κ1) is 15.3. The topological polar surface area (TPSA) is 71.4 Å². The molecule has 0 saturated carbocycles. The van der Waals surface area contributed by atoms with Gasteiger partial charge in [-0.2, -0.15) is 0 Å². The lowest BCUT2D eigenvalue weighted by molar-refractivity contribution is 0.612. The van der Waals surface area contributed by atoms with E-state index in [0.717, 1.165) is 16.9 Å². The summed E-state index contributed by atoms with van der Waals surface area (Å²) in [5.41, 5.74) is 2.85. The number of anilines is 1. The molecule has 1 unspecified atom stereocenters. The van der Waals surface area contributed by atoms with E-state index < -0.39 is 0 Å². The Hall–Kier alpha value is -3.22. The van der Waals surface area contributed by atoms with Crippen LogP contribution >= 0.6 is 0 Å². The number of benzene rings is 1. The smallest absolute Gasteiger partial charge is 0.179 e. The van der Waals surface area contributed by atoms with Crippen molar-refractivity contribution in [3.63, 3.8) is 0 Å². The number of aromatic nitrogens is 5. The van der Waals surface area contributed by atoms with Gasteiger partial charge in [0.1, 0.15) is 17.5 Å². The summed E-state index contributed by atoms with van der Waals surface area (Å²) in [7, 11) is 0. The molecule has 3 heterocycles. The Morgan fingerprint density at radius 1 is 1.20 bits per heavy atom. The summed E-state index contributed by atoms with van der Waals surface area (Å²) in [6, 6.07) is 8.90. The van der Waals surface area contributed by atoms with Gasteiger partial charge in [0.2, 0.25) is 0 Å². The van der Waals surface area contributed by atoms with Gasteiger partial charge >= 0.3 is 0 Å². The number of pyridine rings is 1. The number of nitrogens with one attached hydrogen (secondary N) is 2. The van der Waals surface area contributed by atoms with Gasteiger partial charge in [0.25, 0.3) is 0 Å². The van der Waals surface area contributed by atoms with Crippen molar-refractivity contribution in [2.75, 3.05) is 5.32 Å². The van der Waals surface area contributed by atoms with E-state index in [1.54, 1.807) is 35.4 Å². The first-order chi connectivity index (χ1) is 12.1. The Bertz CT molecular complexity index is 1030. The molecule has 0 bridgehead atoms. The van der Waals surface area contributed by atoms with E-state index in [2.05, 4.69) is 25.3 Å². The molecule has 1 aromatic carbocycles. The summed E-state index contributed by atoms with van der Waals surface area (Å²) >= 11 is 0. The molecule has 1 atom stereocenters. The van der Waals surface area contributed by atoms with Crippen molar-refractivity contribution in [3.05, 3.63) is 66.3 Å². The molecule has 2 N–H and O–H groups in total. The van der Waals surface area contributed by atoms with Gasteiger partial charge in [0.15, 0.2) is 5.65 Å². The summed E-state index contributed by atoms with van der Waals surface area (Å²) < 4.78 is 16.3. The lowest BCUT2D eigenvalue weighted by Crippen LogP contribution is -2.09. The number of aryl methyl sites for hydroxylation is 1. The Balaban J connectivity index is 1.58. The number of hydrogen-bond donors (Lipinski definition) is 2. The van der Waals surface area contributed by atoms with Crippen molar-refractivity contribution in [1.82, 2.24) is 24.5 Å². The molecule has 4 rings (SSSR count). The van der Waals surface area contributed by atoms with Crippen LogP contribution in [0.1, 0.15) is 24.4 Å². The Kier molecular flexibility index (Phi) is 3.68. The fraction of sp³-hybridized carbons (Fsp3) is 0.167. The number of nitrogens with zero attached hydrogens (tertiary/aromatic N) is 4. The van der Waals surface area contributed by atoms with Crippen molar-refractivity contribution < 1.29 is 4.39 Å². The SMILES string of the molecule is Cc1nccn1-c1ccc(C(C)Nc2ccc3[nH]cnc3n2)cc1F. The van der Waals surface area contributed by atoms with Gasteiger partial charge in [-0.15, -0.1) is 0 Å². The second kappa shape index (κ2) is 6.01. The number of H-pyrrole nitrogens is 1. The van der Waals surface area contributed by atoms with Crippen molar-refractivity contribution in [3.8, 4) is 5.69 Å². The molecule has 0 aliphatic rings. The van der Waals surface area contributed by atoms with Crippen molar-refractivity contribution in [2.45, 2.75) is 19.9 Å². The van der Waals surface area contributed by atoms with Gasteiger partial charge < -0.3 is 14.9 Å². The fourth-order valence-corrected chi connectivity index (χ4v) is 2.83. The zero-order valence-corrected chi connectivity index (χ0v) is 13.9. The monoisotopic (exact) mass is 336 g/mol. The minimum atomic E-state index is -0.289. The molecular formula is C18H17FN6. The van der Waals surface area contributed by atoms with Crippen LogP contribution < -0.4 is 5.32 Å². The lowest BCUT2D eigenvalue weighted by atomic mass is 10.1. The maximum absolute atomic E-state index is 14.6. The minimum absolute atomic E-state index is 0.101. The van der Waals surface area contributed by atoms with Crippen LogP contribution in [0, 0.1) is 12.7 Å². The quantitative estimate of drug-likeness (QED) is 0.595. The van der Waals surface area contributed by atoms with E-state index in [4.69, 9.17) is 0 Å². The Morgan fingerprint density at radius 3 is 2.84 bits per heavy atom. The Labute approximate surface area is 143 Å². The molecule has 0 radical (unpaired) electrons. The van der Waals surface area contributed by atoms with Crippen molar-refractivity contribution in [1.29, 1.82) is 0 Å². The molecule has 3 aromatic heterocycles. The highest BCUT2D eigenvalue weighted by atomic mass is 19.1. The van der Waals surface area contributed by atoms with E-state index in [0.29, 0.717) is 17.2 Å². The summed E-state index contributed by atoms with van der Waals surface area (Å²) in [6.07, 6.45) is 5.01. The van der Waals surface area contributed by atoms with Gasteiger partial charge in [-0.25, -0.2) is 19.3 Å². The molecule has 0 amide bonds. The highest BCUT2D eigenvalue weighted by molar-refractivity contribution is 5.72. The first-order valence-corrected chi connectivity index (χ1v) is 7.98. The third kappa shape index (κ3) is 2.84. The van der Waals surface area contributed by atoms with E-state index in [1.807, 2.05) is 32.0 Å². The molecule has 0 spiro atoms. The zero-order valence-electron chi connectivity index (χ0n) is 13.9. The molecule has 0 aliphatic carbocycles. The molecule has 7 heteroatoms. The lowest BCUT2D eigenvalue weighted by Gasteiger charge is -2.16. The largest absolute Gasteiger partial charge is 0.363 e. The number of rotatable bonds is 4. The van der Waals surface area contributed by atoms with E-state index in [9.17, 15) is 4.39 Å². The molecule has 126 valence electrons. The van der Waals surface area contributed by atoms with Crippen LogP contribution in [0.4, 0.5) is 10.2 Å². The normalized spacial score (nSPS) is 12.4. The molecule has 0 fully saturated rings. The molecular weight excluding hydrogens is 319 g/mol. The number of fused-ring (bicyclic) bond motifs is 1. The fourth-order valence-electron chi connectivity index (χ4n) is 2.83. The maximum atomic E-state index is 14.6. The van der Waals surface area contributed by atoms with Gasteiger partial charge in [-0.3, -0.25) is 0 Å². The third-order valence-electron chi connectivity index (χ3n) is 4.20. The van der Waals surface area contributed by atoms with Crippen LogP contribution in [0.5, 0.6) is 0 Å². The van der Waals surface area contributed by atoms with E-state index >= 15 is 0 Å².